The van der Waals surface area contributed by atoms with Crippen molar-refractivity contribution in [3.8, 4) is 5.75 Å². The molecule has 0 bridgehead atoms. The lowest BCUT2D eigenvalue weighted by Crippen LogP contribution is -2.55. The van der Waals surface area contributed by atoms with Gasteiger partial charge in [0.05, 0.1) is 17.8 Å². The van der Waals surface area contributed by atoms with Crippen molar-refractivity contribution in [2.24, 2.45) is 5.73 Å². The van der Waals surface area contributed by atoms with Gasteiger partial charge >= 0.3 is 0 Å². The normalized spacial score (nSPS) is 22.4. The highest BCUT2D eigenvalue weighted by Gasteiger charge is 2.37. The zero-order valence-electron chi connectivity index (χ0n) is 13.0. The lowest BCUT2D eigenvalue weighted by atomic mass is 9.82. The van der Waals surface area contributed by atoms with E-state index in [1.54, 1.807) is 0 Å². The predicted octanol–water partition coefficient (Wildman–Crippen LogP) is 3.72. The Balaban J connectivity index is 1.94. The van der Waals surface area contributed by atoms with Gasteiger partial charge < -0.3 is 15.4 Å². The van der Waals surface area contributed by atoms with Crippen LogP contribution < -0.4 is 15.4 Å². The standard InChI is InChI=1S/C18H28N2O/c19-15-18(11-6-2-1-3-7-12-18)20-13-8-14-21-17-10-5-4-9-16(17)20/h4-5,9-10H,1-3,6-8,11-15,19H2. The van der Waals surface area contributed by atoms with Gasteiger partial charge in [0.25, 0.3) is 0 Å². The fourth-order valence-corrected chi connectivity index (χ4v) is 3.97. The highest BCUT2D eigenvalue weighted by atomic mass is 16.5. The summed E-state index contributed by atoms with van der Waals surface area (Å²) in [6, 6.07) is 8.49. The molecule has 21 heavy (non-hydrogen) atoms. The van der Waals surface area contributed by atoms with Gasteiger partial charge in [-0.15, -0.1) is 0 Å². The van der Waals surface area contributed by atoms with E-state index in [9.17, 15) is 0 Å². The first-order valence-corrected chi connectivity index (χ1v) is 8.55. The summed E-state index contributed by atoms with van der Waals surface area (Å²) in [4.78, 5) is 2.58. The van der Waals surface area contributed by atoms with Crippen molar-refractivity contribution in [3.63, 3.8) is 0 Å². The van der Waals surface area contributed by atoms with Gasteiger partial charge in [-0.3, -0.25) is 0 Å². The second kappa shape index (κ2) is 6.69. The number of anilines is 1. The summed E-state index contributed by atoms with van der Waals surface area (Å²) < 4.78 is 5.93. The molecule has 0 amide bonds. The van der Waals surface area contributed by atoms with Gasteiger partial charge in [-0.1, -0.05) is 44.2 Å². The van der Waals surface area contributed by atoms with Gasteiger partial charge in [-0.05, 0) is 31.4 Å². The first-order chi connectivity index (χ1) is 10.4. The smallest absolute Gasteiger partial charge is 0.142 e. The molecule has 0 aromatic heterocycles. The predicted molar refractivity (Wildman–Crippen MR) is 88.0 cm³/mol. The number of nitrogens with zero attached hydrogens (tertiary/aromatic N) is 1. The number of hydrogen-bond acceptors (Lipinski definition) is 3. The fraction of sp³-hybridized carbons (Fsp3) is 0.667. The molecule has 1 aliphatic heterocycles. The number of nitrogens with two attached hydrogens (primary N) is 1. The van der Waals surface area contributed by atoms with Crippen molar-refractivity contribution in [1.29, 1.82) is 0 Å². The summed E-state index contributed by atoms with van der Waals surface area (Å²) >= 11 is 0. The molecule has 1 fully saturated rings. The van der Waals surface area contributed by atoms with Crippen LogP contribution >= 0.6 is 0 Å². The van der Waals surface area contributed by atoms with E-state index in [1.165, 1.54) is 50.6 Å². The minimum absolute atomic E-state index is 0.129. The largest absolute Gasteiger partial charge is 0.491 e. The van der Waals surface area contributed by atoms with E-state index in [0.717, 1.165) is 31.9 Å². The molecule has 3 nitrogen and oxygen atoms in total. The van der Waals surface area contributed by atoms with Crippen LogP contribution in [0.25, 0.3) is 0 Å². The van der Waals surface area contributed by atoms with Crippen LogP contribution in [0.1, 0.15) is 51.4 Å². The fourth-order valence-electron chi connectivity index (χ4n) is 3.97. The molecule has 2 aliphatic rings. The zero-order valence-corrected chi connectivity index (χ0v) is 13.0. The number of ether oxygens (including phenoxy) is 1. The molecule has 3 heteroatoms. The maximum absolute atomic E-state index is 6.32. The number of para-hydroxylation sites is 2. The topological polar surface area (TPSA) is 38.5 Å². The van der Waals surface area contributed by atoms with E-state index in [2.05, 4.69) is 29.2 Å². The molecule has 0 radical (unpaired) electrons. The van der Waals surface area contributed by atoms with Crippen molar-refractivity contribution in [3.05, 3.63) is 24.3 Å². The number of hydrogen-bond donors (Lipinski definition) is 1. The molecule has 116 valence electrons. The molecular weight excluding hydrogens is 260 g/mol. The third-order valence-corrected chi connectivity index (χ3v) is 5.18. The Morgan fingerprint density at radius 3 is 2.48 bits per heavy atom. The number of rotatable bonds is 2. The monoisotopic (exact) mass is 288 g/mol. The lowest BCUT2D eigenvalue weighted by molar-refractivity contribution is 0.295. The second-order valence-electron chi connectivity index (χ2n) is 6.52. The quantitative estimate of drug-likeness (QED) is 0.901. The van der Waals surface area contributed by atoms with E-state index in [0.29, 0.717) is 0 Å². The molecule has 0 saturated heterocycles. The molecule has 2 N–H and O–H groups in total. The van der Waals surface area contributed by atoms with Crippen LogP contribution in [0, 0.1) is 0 Å². The Hall–Kier alpha value is -1.22. The average Bonchev–Trinajstić information content (AvgIpc) is 2.71. The van der Waals surface area contributed by atoms with E-state index < -0.39 is 0 Å². The van der Waals surface area contributed by atoms with Crippen LogP contribution in [-0.2, 0) is 0 Å². The SMILES string of the molecule is NCC1(N2CCCOc3ccccc32)CCCCCCC1. The van der Waals surface area contributed by atoms with Crippen molar-refractivity contribution in [2.45, 2.75) is 56.9 Å². The van der Waals surface area contributed by atoms with Crippen molar-refractivity contribution in [2.75, 3.05) is 24.6 Å². The van der Waals surface area contributed by atoms with Gasteiger partial charge in [0.2, 0.25) is 0 Å². The summed E-state index contributed by atoms with van der Waals surface area (Å²) in [5, 5.41) is 0. The van der Waals surface area contributed by atoms with E-state index in [4.69, 9.17) is 10.5 Å². The lowest BCUT2D eigenvalue weighted by Gasteiger charge is -2.46. The molecule has 0 spiro atoms. The minimum atomic E-state index is 0.129. The van der Waals surface area contributed by atoms with Crippen LogP contribution in [-0.4, -0.2) is 25.2 Å². The number of benzene rings is 1. The Labute approximate surface area is 128 Å². The molecule has 1 aliphatic carbocycles. The van der Waals surface area contributed by atoms with Gasteiger partial charge in [0, 0.05) is 13.1 Å². The maximum atomic E-state index is 6.32. The summed E-state index contributed by atoms with van der Waals surface area (Å²) in [7, 11) is 0. The van der Waals surface area contributed by atoms with Crippen molar-refractivity contribution >= 4 is 5.69 Å². The van der Waals surface area contributed by atoms with E-state index in [1.807, 2.05) is 0 Å². The van der Waals surface area contributed by atoms with Gasteiger partial charge in [-0.25, -0.2) is 0 Å². The summed E-state index contributed by atoms with van der Waals surface area (Å²) in [5.74, 6) is 1.03. The van der Waals surface area contributed by atoms with Gasteiger partial charge in [-0.2, -0.15) is 0 Å². The third-order valence-electron chi connectivity index (χ3n) is 5.18. The van der Waals surface area contributed by atoms with Crippen molar-refractivity contribution < 1.29 is 4.74 Å². The summed E-state index contributed by atoms with van der Waals surface area (Å²) in [6.07, 6.45) is 10.2. The molecule has 0 unspecified atom stereocenters. The Kier molecular flexibility index (Phi) is 4.69. The van der Waals surface area contributed by atoms with Gasteiger partial charge in [0.15, 0.2) is 0 Å². The summed E-state index contributed by atoms with van der Waals surface area (Å²) in [6.45, 7) is 2.63. The average molecular weight is 288 g/mol. The minimum Gasteiger partial charge on any atom is -0.491 e. The van der Waals surface area contributed by atoms with Crippen LogP contribution in [0.4, 0.5) is 5.69 Å². The molecule has 3 rings (SSSR count). The Morgan fingerprint density at radius 1 is 1.00 bits per heavy atom. The van der Waals surface area contributed by atoms with E-state index >= 15 is 0 Å². The maximum Gasteiger partial charge on any atom is 0.142 e. The zero-order chi connectivity index (χ0) is 14.5. The van der Waals surface area contributed by atoms with Crippen molar-refractivity contribution in [1.82, 2.24) is 0 Å². The molecule has 1 heterocycles. The molecule has 1 aromatic carbocycles. The highest BCUT2D eigenvalue weighted by Crippen LogP contribution is 2.40. The first kappa shape index (κ1) is 14.7. The summed E-state index contributed by atoms with van der Waals surface area (Å²) in [5.41, 5.74) is 7.70. The molecule has 0 atom stereocenters. The van der Waals surface area contributed by atoms with Crippen LogP contribution in [0.3, 0.4) is 0 Å². The molecule has 1 saturated carbocycles. The van der Waals surface area contributed by atoms with Crippen LogP contribution in [0.15, 0.2) is 24.3 Å². The molecular formula is C18H28N2O. The van der Waals surface area contributed by atoms with Gasteiger partial charge in [0.1, 0.15) is 5.75 Å². The first-order valence-electron chi connectivity index (χ1n) is 8.55. The Morgan fingerprint density at radius 2 is 1.71 bits per heavy atom. The molecule has 1 aromatic rings. The second-order valence-corrected chi connectivity index (χ2v) is 6.52. The number of fused-ring (bicyclic) bond motifs is 1. The highest BCUT2D eigenvalue weighted by molar-refractivity contribution is 5.61. The third kappa shape index (κ3) is 3.03. The Bertz CT molecular complexity index is 452. The van der Waals surface area contributed by atoms with Crippen LogP contribution in [0.5, 0.6) is 5.75 Å². The van der Waals surface area contributed by atoms with E-state index in [-0.39, 0.29) is 5.54 Å². The van der Waals surface area contributed by atoms with Crippen LogP contribution in [0.2, 0.25) is 0 Å².